The van der Waals surface area contributed by atoms with E-state index in [1.807, 2.05) is 18.2 Å². The zero-order valence-corrected chi connectivity index (χ0v) is 23.4. The zero-order chi connectivity index (χ0) is 27.9. The Morgan fingerprint density at radius 3 is 2.38 bits per heavy atom. The molecule has 0 radical (unpaired) electrons. The first-order valence-corrected chi connectivity index (χ1v) is 14.5. The van der Waals surface area contributed by atoms with Crippen LogP contribution in [0.3, 0.4) is 0 Å². The van der Waals surface area contributed by atoms with Crippen LogP contribution >= 0.6 is 11.3 Å². The second kappa shape index (κ2) is 13.6. The lowest BCUT2D eigenvalue weighted by Crippen LogP contribution is -2.53. The van der Waals surface area contributed by atoms with E-state index in [4.69, 9.17) is 9.47 Å². The van der Waals surface area contributed by atoms with Gasteiger partial charge in [0, 0.05) is 30.1 Å². The van der Waals surface area contributed by atoms with E-state index in [-0.39, 0.29) is 18.5 Å². The predicted molar refractivity (Wildman–Crippen MR) is 147 cm³/mol. The van der Waals surface area contributed by atoms with E-state index in [0.29, 0.717) is 45.1 Å². The molecule has 2 aromatic rings. The largest absolute Gasteiger partial charge is 0.497 e. The summed E-state index contributed by atoms with van der Waals surface area (Å²) in [5.74, 6) is 0.254. The summed E-state index contributed by atoms with van der Waals surface area (Å²) < 4.78 is 24.2. The Bertz CT molecular complexity index is 1100. The standard InChI is InChI=1S/C29H39FN2O6S/c1-37-22-13-18(14-23(16-22)38-2)12-19-15-24(39-17-19)9-10-31-28(35)26(33)27(34)29(36)32-11-3-4-25(32)20-5-7-21(30)8-6-20/h13-17,20-21,25-27,33-34H,3-12H2,1-2H3,(H,31,35)/t20?,21?,25?,26-,27-/m1/s1. The highest BCUT2D eigenvalue weighted by molar-refractivity contribution is 7.10. The molecule has 8 nitrogen and oxygen atoms in total. The molecular weight excluding hydrogens is 523 g/mol. The molecule has 2 amide bonds. The molecule has 4 rings (SSSR count). The van der Waals surface area contributed by atoms with Crippen LogP contribution < -0.4 is 14.8 Å². The zero-order valence-electron chi connectivity index (χ0n) is 22.6. The Morgan fingerprint density at radius 2 is 1.72 bits per heavy atom. The lowest BCUT2D eigenvalue weighted by molar-refractivity contribution is -0.154. The molecule has 39 heavy (non-hydrogen) atoms. The van der Waals surface area contributed by atoms with Gasteiger partial charge in [-0.3, -0.25) is 9.59 Å². The summed E-state index contributed by atoms with van der Waals surface area (Å²) in [6, 6.07) is 7.76. The van der Waals surface area contributed by atoms with Crippen molar-refractivity contribution in [1.29, 1.82) is 0 Å². The number of benzene rings is 1. The molecule has 2 fully saturated rings. The summed E-state index contributed by atoms with van der Waals surface area (Å²) in [6.45, 7) is 0.746. The lowest BCUT2D eigenvalue weighted by Gasteiger charge is -2.36. The maximum absolute atomic E-state index is 13.6. The SMILES string of the molecule is COc1cc(Cc2csc(CCNC(=O)[C@H](O)[C@@H](O)C(=O)N3CCCC3C3CCC(F)CC3)c2)cc(OC)c1. The monoisotopic (exact) mass is 562 g/mol. The number of carbonyl (C=O) groups excluding carboxylic acids is 2. The van der Waals surface area contributed by atoms with Gasteiger partial charge in [0.05, 0.1) is 14.2 Å². The minimum atomic E-state index is -1.85. The van der Waals surface area contributed by atoms with Crippen molar-refractivity contribution in [2.75, 3.05) is 27.3 Å². The van der Waals surface area contributed by atoms with E-state index in [1.54, 1.807) is 30.5 Å². The molecule has 1 aromatic carbocycles. The highest BCUT2D eigenvalue weighted by atomic mass is 32.1. The van der Waals surface area contributed by atoms with Crippen molar-refractivity contribution < 1.29 is 33.7 Å². The van der Waals surface area contributed by atoms with E-state index in [9.17, 15) is 24.2 Å². The van der Waals surface area contributed by atoms with Crippen LogP contribution in [0.2, 0.25) is 0 Å². The van der Waals surface area contributed by atoms with Crippen molar-refractivity contribution in [3.8, 4) is 11.5 Å². The quantitative estimate of drug-likeness (QED) is 0.388. The topological polar surface area (TPSA) is 108 Å². The first-order valence-electron chi connectivity index (χ1n) is 13.7. The third kappa shape index (κ3) is 7.49. The van der Waals surface area contributed by atoms with Crippen LogP contribution in [0.1, 0.15) is 54.5 Å². The summed E-state index contributed by atoms with van der Waals surface area (Å²) in [5, 5.41) is 25.7. The number of hydrogen-bond donors (Lipinski definition) is 3. The number of rotatable bonds is 11. The maximum atomic E-state index is 13.6. The van der Waals surface area contributed by atoms with Gasteiger partial charge >= 0.3 is 0 Å². The second-order valence-corrected chi connectivity index (χ2v) is 11.5. The Kier molecular flexibility index (Phi) is 10.2. The average Bonchev–Trinajstić information content (AvgIpc) is 3.61. The molecule has 3 N–H and O–H groups in total. The van der Waals surface area contributed by atoms with Crippen molar-refractivity contribution >= 4 is 23.2 Å². The van der Waals surface area contributed by atoms with Crippen LogP contribution in [0.5, 0.6) is 11.5 Å². The number of likely N-dealkylation sites (tertiary alicyclic amines) is 1. The molecule has 1 aromatic heterocycles. The van der Waals surface area contributed by atoms with E-state index < -0.39 is 30.2 Å². The minimum Gasteiger partial charge on any atom is -0.497 e. The Morgan fingerprint density at radius 1 is 1.03 bits per heavy atom. The Hall–Kier alpha value is -2.69. The van der Waals surface area contributed by atoms with E-state index in [2.05, 4.69) is 16.8 Å². The Labute approximate surface area is 233 Å². The summed E-state index contributed by atoms with van der Waals surface area (Å²) in [5.41, 5.74) is 2.18. The van der Waals surface area contributed by atoms with Crippen molar-refractivity contribution in [3.63, 3.8) is 0 Å². The van der Waals surface area contributed by atoms with Crippen molar-refractivity contribution in [2.45, 2.75) is 75.8 Å². The molecular formula is C29H39FN2O6S. The third-order valence-electron chi connectivity index (χ3n) is 7.85. The number of ether oxygens (including phenoxy) is 2. The van der Waals surface area contributed by atoms with Crippen LogP contribution in [0, 0.1) is 5.92 Å². The van der Waals surface area contributed by atoms with Gasteiger partial charge in [-0.05, 0) is 92.0 Å². The number of aliphatic hydroxyl groups excluding tert-OH is 2. The smallest absolute Gasteiger partial charge is 0.254 e. The van der Waals surface area contributed by atoms with Gasteiger partial charge in [0.25, 0.3) is 11.8 Å². The fraction of sp³-hybridized carbons (Fsp3) is 0.586. The number of halogens is 1. The van der Waals surface area contributed by atoms with Gasteiger partial charge in [-0.15, -0.1) is 11.3 Å². The van der Waals surface area contributed by atoms with Gasteiger partial charge in [-0.1, -0.05) is 0 Å². The summed E-state index contributed by atoms with van der Waals surface area (Å²) in [6.07, 6.45) is 0.845. The van der Waals surface area contributed by atoms with Crippen LogP contribution in [-0.2, 0) is 22.4 Å². The molecule has 0 spiro atoms. The van der Waals surface area contributed by atoms with Crippen molar-refractivity contribution in [3.05, 3.63) is 45.6 Å². The number of amides is 2. The fourth-order valence-electron chi connectivity index (χ4n) is 5.74. The molecule has 1 unspecified atom stereocenters. The molecule has 1 aliphatic carbocycles. The summed E-state index contributed by atoms with van der Waals surface area (Å²) in [7, 11) is 3.23. The van der Waals surface area contributed by atoms with E-state index in [0.717, 1.165) is 40.3 Å². The highest BCUT2D eigenvalue weighted by Gasteiger charge is 2.41. The number of methoxy groups -OCH3 is 2. The molecule has 10 heteroatoms. The summed E-state index contributed by atoms with van der Waals surface area (Å²) in [4.78, 5) is 28.2. The van der Waals surface area contributed by atoms with Gasteiger partial charge in [0.15, 0.2) is 12.2 Å². The molecule has 2 heterocycles. The molecule has 0 bridgehead atoms. The second-order valence-electron chi connectivity index (χ2n) is 10.5. The van der Waals surface area contributed by atoms with Crippen LogP contribution in [0.25, 0.3) is 0 Å². The summed E-state index contributed by atoms with van der Waals surface area (Å²) >= 11 is 1.58. The van der Waals surface area contributed by atoms with Gasteiger partial charge in [0.1, 0.15) is 17.7 Å². The third-order valence-corrected chi connectivity index (χ3v) is 8.89. The fourth-order valence-corrected chi connectivity index (χ4v) is 6.63. The number of nitrogens with zero attached hydrogens (tertiary/aromatic N) is 1. The predicted octanol–water partition coefficient (Wildman–Crippen LogP) is 3.26. The van der Waals surface area contributed by atoms with Gasteiger partial charge < -0.3 is 29.9 Å². The van der Waals surface area contributed by atoms with Crippen LogP contribution in [0.4, 0.5) is 4.39 Å². The lowest BCUT2D eigenvalue weighted by atomic mass is 9.82. The normalized spacial score (nSPS) is 22.8. The Balaban J connectivity index is 1.25. The molecule has 214 valence electrons. The van der Waals surface area contributed by atoms with Gasteiger partial charge in [-0.2, -0.15) is 0 Å². The van der Waals surface area contributed by atoms with Crippen molar-refractivity contribution in [2.24, 2.45) is 5.92 Å². The molecule has 1 saturated heterocycles. The van der Waals surface area contributed by atoms with E-state index in [1.165, 1.54) is 0 Å². The highest BCUT2D eigenvalue weighted by Crippen LogP contribution is 2.35. The van der Waals surface area contributed by atoms with Crippen molar-refractivity contribution in [1.82, 2.24) is 10.2 Å². The number of hydrogen-bond acceptors (Lipinski definition) is 7. The molecule has 1 saturated carbocycles. The minimum absolute atomic E-state index is 0.0685. The van der Waals surface area contributed by atoms with Crippen LogP contribution in [-0.4, -0.2) is 78.7 Å². The average molecular weight is 563 g/mol. The first kappa shape index (κ1) is 29.3. The number of alkyl halides is 1. The maximum Gasteiger partial charge on any atom is 0.254 e. The number of nitrogens with one attached hydrogen (secondary N) is 1. The van der Waals surface area contributed by atoms with Gasteiger partial charge in [-0.25, -0.2) is 4.39 Å². The molecule has 1 aliphatic heterocycles. The number of carbonyl (C=O) groups is 2. The number of aliphatic hydroxyl groups is 2. The molecule has 3 atom stereocenters. The van der Waals surface area contributed by atoms with Gasteiger partial charge in [0.2, 0.25) is 0 Å². The first-order chi connectivity index (χ1) is 18.8. The van der Waals surface area contributed by atoms with E-state index >= 15 is 0 Å². The molecule has 2 aliphatic rings. The number of thiophene rings is 1. The van der Waals surface area contributed by atoms with Crippen LogP contribution in [0.15, 0.2) is 29.6 Å².